The summed E-state index contributed by atoms with van der Waals surface area (Å²) >= 11 is 1.57. The number of anilines is 1. The molecule has 4 heteroatoms. The van der Waals surface area contributed by atoms with Crippen molar-refractivity contribution in [2.24, 2.45) is 0 Å². The lowest BCUT2D eigenvalue weighted by molar-refractivity contribution is 0.624. The molecular weight excluding hydrogens is 235 g/mol. The number of rotatable bonds is 4. The molecule has 2 rings (SSSR count). The van der Waals surface area contributed by atoms with Crippen LogP contribution in [-0.4, -0.2) is 10.7 Å². The Morgan fingerprint density at radius 3 is 2.71 bits per heavy atom. The monoisotopic (exact) mass is 248 g/mol. The maximum Gasteiger partial charge on any atom is 0.124 e. The molecule has 2 nitrogen and oxygen atoms in total. The minimum absolute atomic E-state index is 0.245. The lowest BCUT2D eigenvalue weighted by atomic mass is 10.2. The van der Waals surface area contributed by atoms with Crippen LogP contribution >= 0.6 is 11.8 Å². The van der Waals surface area contributed by atoms with E-state index >= 15 is 0 Å². The number of aryl methyl sites for hydroxylation is 1. The number of thioether (sulfide) groups is 1. The van der Waals surface area contributed by atoms with Crippen molar-refractivity contribution in [2.45, 2.75) is 11.3 Å². The van der Waals surface area contributed by atoms with E-state index in [2.05, 4.69) is 4.98 Å². The molecule has 0 aliphatic heterocycles. The molecule has 0 fully saturated rings. The summed E-state index contributed by atoms with van der Waals surface area (Å²) in [6.07, 6.45) is 4.47. The highest BCUT2D eigenvalue weighted by molar-refractivity contribution is 7.99. The van der Waals surface area contributed by atoms with Crippen molar-refractivity contribution in [1.29, 1.82) is 0 Å². The van der Waals surface area contributed by atoms with E-state index < -0.39 is 0 Å². The minimum Gasteiger partial charge on any atom is -0.398 e. The summed E-state index contributed by atoms with van der Waals surface area (Å²) in [5.41, 5.74) is 7.63. The van der Waals surface area contributed by atoms with Crippen LogP contribution in [0, 0.1) is 5.82 Å². The smallest absolute Gasteiger partial charge is 0.124 e. The van der Waals surface area contributed by atoms with Crippen molar-refractivity contribution in [3.63, 3.8) is 0 Å². The van der Waals surface area contributed by atoms with Gasteiger partial charge in [0.1, 0.15) is 5.82 Å². The maximum atomic E-state index is 13.0. The zero-order valence-electron chi connectivity index (χ0n) is 9.27. The number of nitrogens with zero attached hydrogens (tertiary/aromatic N) is 1. The van der Waals surface area contributed by atoms with Crippen molar-refractivity contribution in [3.05, 3.63) is 54.1 Å². The third kappa shape index (κ3) is 3.46. The highest BCUT2D eigenvalue weighted by atomic mass is 32.2. The number of hydrogen-bond acceptors (Lipinski definition) is 3. The topological polar surface area (TPSA) is 38.9 Å². The first-order valence-electron chi connectivity index (χ1n) is 5.32. The van der Waals surface area contributed by atoms with E-state index in [1.165, 1.54) is 17.7 Å². The first kappa shape index (κ1) is 11.9. The molecule has 0 bridgehead atoms. The van der Waals surface area contributed by atoms with Gasteiger partial charge >= 0.3 is 0 Å². The third-order valence-corrected chi connectivity index (χ3v) is 3.45. The Hall–Kier alpha value is -1.55. The number of hydrogen-bond donors (Lipinski definition) is 1. The zero-order chi connectivity index (χ0) is 12.1. The summed E-state index contributed by atoms with van der Waals surface area (Å²) in [4.78, 5) is 4.77. The lowest BCUT2D eigenvalue weighted by Crippen LogP contribution is -1.93. The zero-order valence-corrected chi connectivity index (χ0v) is 10.1. The van der Waals surface area contributed by atoms with Gasteiger partial charge in [-0.15, -0.1) is 11.8 Å². The number of nitrogen functional groups attached to an aromatic ring is 1. The molecule has 2 N–H and O–H groups in total. The fourth-order valence-electron chi connectivity index (χ4n) is 1.46. The fourth-order valence-corrected chi connectivity index (χ4v) is 2.45. The number of benzene rings is 1. The predicted molar refractivity (Wildman–Crippen MR) is 69.5 cm³/mol. The average Bonchev–Trinajstić information content (AvgIpc) is 2.35. The van der Waals surface area contributed by atoms with Gasteiger partial charge in [-0.1, -0.05) is 0 Å². The molecule has 0 radical (unpaired) electrons. The van der Waals surface area contributed by atoms with Gasteiger partial charge in [-0.3, -0.25) is 4.98 Å². The van der Waals surface area contributed by atoms with Crippen LogP contribution in [0.15, 0.2) is 47.6 Å². The van der Waals surface area contributed by atoms with Gasteiger partial charge in [0.25, 0.3) is 0 Å². The second kappa shape index (κ2) is 5.68. The molecule has 1 heterocycles. The van der Waals surface area contributed by atoms with E-state index in [1.54, 1.807) is 30.2 Å². The Balaban J connectivity index is 1.92. The van der Waals surface area contributed by atoms with Crippen LogP contribution in [0.25, 0.3) is 0 Å². The lowest BCUT2D eigenvalue weighted by Gasteiger charge is -2.05. The molecule has 0 amide bonds. The van der Waals surface area contributed by atoms with E-state index in [0.717, 1.165) is 17.1 Å². The first-order chi connectivity index (χ1) is 8.25. The van der Waals surface area contributed by atoms with Crippen molar-refractivity contribution < 1.29 is 4.39 Å². The van der Waals surface area contributed by atoms with Crippen molar-refractivity contribution >= 4 is 17.4 Å². The van der Waals surface area contributed by atoms with E-state index in [1.807, 2.05) is 12.1 Å². The normalized spacial score (nSPS) is 10.4. The molecule has 1 aromatic heterocycles. The maximum absolute atomic E-state index is 13.0. The highest BCUT2D eigenvalue weighted by Crippen LogP contribution is 2.26. The summed E-state index contributed by atoms with van der Waals surface area (Å²) in [5, 5.41) is 0. The second-order valence-electron chi connectivity index (χ2n) is 3.64. The number of aromatic nitrogens is 1. The van der Waals surface area contributed by atoms with Crippen LogP contribution in [-0.2, 0) is 6.42 Å². The molecule has 0 saturated heterocycles. The van der Waals surface area contributed by atoms with Crippen LogP contribution in [0.4, 0.5) is 10.1 Å². The van der Waals surface area contributed by atoms with Gasteiger partial charge < -0.3 is 5.73 Å². The summed E-state index contributed by atoms with van der Waals surface area (Å²) in [6.45, 7) is 0. The Labute approximate surface area is 104 Å². The van der Waals surface area contributed by atoms with Gasteiger partial charge in [0.2, 0.25) is 0 Å². The predicted octanol–water partition coefficient (Wildman–Crippen LogP) is 3.14. The van der Waals surface area contributed by atoms with E-state index in [0.29, 0.717) is 5.69 Å². The quantitative estimate of drug-likeness (QED) is 0.667. The van der Waals surface area contributed by atoms with Crippen LogP contribution < -0.4 is 5.73 Å². The molecule has 1 aromatic carbocycles. The molecule has 0 atom stereocenters. The van der Waals surface area contributed by atoms with Crippen LogP contribution in [0.2, 0.25) is 0 Å². The van der Waals surface area contributed by atoms with Gasteiger partial charge in [0.15, 0.2) is 0 Å². The molecule has 0 spiro atoms. The Morgan fingerprint density at radius 2 is 1.94 bits per heavy atom. The Bertz CT molecular complexity index is 488. The molecule has 2 aromatic rings. The van der Waals surface area contributed by atoms with Crippen LogP contribution in [0.1, 0.15) is 5.56 Å². The number of halogens is 1. The number of pyridine rings is 1. The van der Waals surface area contributed by atoms with E-state index in [4.69, 9.17) is 5.73 Å². The Kier molecular flexibility index (Phi) is 3.98. The minimum atomic E-state index is -0.245. The fraction of sp³-hybridized carbons (Fsp3) is 0.154. The molecule has 17 heavy (non-hydrogen) atoms. The average molecular weight is 248 g/mol. The SMILES string of the molecule is Nc1ccc(F)cc1SCCc1ccncc1. The van der Waals surface area contributed by atoms with Crippen LogP contribution in [0.5, 0.6) is 0 Å². The van der Waals surface area contributed by atoms with Gasteiger partial charge in [0.05, 0.1) is 0 Å². The third-order valence-electron chi connectivity index (χ3n) is 2.37. The second-order valence-corrected chi connectivity index (χ2v) is 4.77. The van der Waals surface area contributed by atoms with Crippen LogP contribution in [0.3, 0.4) is 0 Å². The first-order valence-corrected chi connectivity index (χ1v) is 6.31. The largest absolute Gasteiger partial charge is 0.398 e. The number of nitrogens with two attached hydrogens (primary N) is 1. The highest BCUT2D eigenvalue weighted by Gasteiger charge is 2.02. The van der Waals surface area contributed by atoms with Crippen molar-refractivity contribution in [3.8, 4) is 0 Å². The van der Waals surface area contributed by atoms with Gasteiger partial charge in [-0.05, 0) is 42.3 Å². The van der Waals surface area contributed by atoms with Gasteiger partial charge in [0, 0.05) is 28.7 Å². The molecular formula is C13H13FN2S. The van der Waals surface area contributed by atoms with Crippen molar-refractivity contribution in [2.75, 3.05) is 11.5 Å². The molecule has 0 saturated carbocycles. The molecule has 0 aliphatic rings. The molecule has 88 valence electrons. The van der Waals surface area contributed by atoms with Gasteiger partial charge in [-0.25, -0.2) is 4.39 Å². The summed E-state index contributed by atoms with van der Waals surface area (Å²) < 4.78 is 13.0. The molecule has 0 unspecified atom stereocenters. The standard InChI is InChI=1S/C13H13FN2S/c14-11-1-2-12(15)13(9-11)17-8-5-10-3-6-16-7-4-10/h1-4,6-7,9H,5,8,15H2. The van der Waals surface area contributed by atoms with E-state index in [-0.39, 0.29) is 5.82 Å². The summed E-state index contributed by atoms with van der Waals surface area (Å²) in [7, 11) is 0. The summed E-state index contributed by atoms with van der Waals surface area (Å²) in [5.74, 6) is 0.628. The molecule has 0 aliphatic carbocycles. The van der Waals surface area contributed by atoms with Crippen molar-refractivity contribution in [1.82, 2.24) is 4.98 Å². The summed E-state index contributed by atoms with van der Waals surface area (Å²) in [6, 6.07) is 8.42. The Morgan fingerprint density at radius 1 is 1.18 bits per heavy atom. The van der Waals surface area contributed by atoms with E-state index in [9.17, 15) is 4.39 Å². The van der Waals surface area contributed by atoms with Gasteiger partial charge in [-0.2, -0.15) is 0 Å².